The first-order chi connectivity index (χ1) is 9.66. The van der Waals surface area contributed by atoms with Crippen molar-refractivity contribution in [1.29, 1.82) is 0 Å². The number of primary amides is 1. The van der Waals surface area contributed by atoms with E-state index in [-0.39, 0.29) is 11.8 Å². The molecule has 1 unspecified atom stereocenters. The van der Waals surface area contributed by atoms with Crippen LogP contribution in [0.25, 0.3) is 0 Å². The van der Waals surface area contributed by atoms with Crippen LogP contribution in [0.15, 0.2) is 24.5 Å². The Hall–Kier alpha value is -2.11. The summed E-state index contributed by atoms with van der Waals surface area (Å²) < 4.78 is 0. The molecular weight excluding hydrogens is 256 g/mol. The van der Waals surface area contributed by atoms with Gasteiger partial charge in [0.05, 0.1) is 5.92 Å². The second kappa shape index (κ2) is 6.88. The molecule has 1 aromatic rings. The number of pyridine rings is 1. The molecular formula is C14H20N4O2. The Morgan fingerprint density at radius 3 is 3.05 bits per heavy atom. The lowest BCUT2D eigenvalue weighted by atomic mass is 9.97. The SMILES string of the molecule is NC(=O)N1CCCC(C(=O)NCCc2cccnc2)C1. The molecule has 6 nitrogen and oxygen atoms in total. The zero-order valence-corrected chi connectivity index (χ0v) is 11.4. The molecule has 3 N–H and O–H groups in total. The predicted octanol–water partition coefficient (Wildman–Crippen LogP) is 0.531. The van der Waals surface area contributed by atoms with Gasteiger partial charge < -0.3 is 16.0 Å². The molecule has 0 aliphatic carbocycles. The van der Waals surface area contributed by atoms with Gasteiger partial charge in [-0.1, -0.05) is 6.07 Å². The number of nitrogens with two attached hydrogens (primary N) is 1. The van der Waals surface area contributed by atoms with E-state index in [9.17, 15) is 9.59 Å². The van der Waals surface area contributed by atoms with Crippen molar-refractivity contribution in [2.75, 3.05) is 19.6 Å². The van der Waals surface area contributed by atoms with Crippen LogP contribution in [0.2, 0.25) is 0 Å². The molecule has 20 heavy (non-hydrogen) atoms. The van der Waals surface area contributed by atoms with Crippen molar-refractivity contribution in [2.45, 2.75) is 19.3 Å². The van der Waals surface area contributed by atoms with E-state index in [2.05, 4.69) is 10.3 Å². The standard InChI is InChI=1S/C14H20N4O2/c15-14(20)18-8-2-4-12(10-18)13(19)17-7-5-11-3-1-6-16-9-11/h1,3,6,9,12H,2,4-5,7-8,10H2,(H2,15,20)(H,17,19). The molecule has 1 saturated heterocycles. The summed E-state index contributed by atoms with van der Waals surface area (Å²) in [6.45, 7) is 1.65. The highest BCUT2D eigenvalue weighted by Gasteiger charge is 2.26. The number of urea groups is 1. The number of hydrogen-bond acceptors (Lipinski definition) is 3. The van der Waals surface area contributed by atoms with Crippen LogP contribution in [0.3, 0.4) is 0 Å². The van der Waals surface area contributed by atoms with Crippen LogP contribution >= 0.6 is 0 Å². The topological polar surface area (TPSA) is 88.3 Å². The van der Waals surface area contributed by atoms with Crippen LogP contribution in [0.5, 0.6) is 0 Å². The first-order valence-electron chi connectivity index (χ1n) is 6.88. The first kappa shape index (κ1) is 14.3. The van der Waals surface area contributed by atoms with Crippen molar-refractivity contribution < 1.29 is 9.59 Å². The van der Waals surface area contributed by atoms with Crippen LogP contribution in [-0.4, -0.2) is 41.5 Å². The lowest BCUT2D eigenvalue weighted by Gasteiger charge is -2.30. The van der Waals surface area contributed by atoms with Crippen LogP contribution < -0.4 is 11.1 Å². The van der Waals surface area contributed by atoms with E-state index in [4.69, 9.17) is 5.73 Å². The van der Waals surface area contributed by atoms with Gasteiger partial charge in [-0.25, -0.2) is 4.79 Å². The second-order valence-electron chi connectivity index (χ2n) is 5.03. The van der Waals surface area contributed by atoms with Crippen LogP contribution in [-0.2, 0) is 11.2 Å². The summed E-state index contributed by atoms with van der Waals surface area (Å²) in [6, 6.07) is 3.41. The van der Waals surface area contributed by atoms with E-state index in [1.54, 1.807) is 12.4 Å². The minimum absolute atomic E-state index is 0.000148. The minimum atomic E-state index is -0.446. The minimum Gasteiger partial charge on any atom is -0.355 e. The third-order valence-corrected chi connectivity index (χ3v) is 3.54. The summed E-state index contributed by atoms with van der Waals surface area (Å²) in [4.78, 5) is 28.7. The third kappa shape index (κ3) is 3.94. The van der Waals surface area contributed by atoms with E-state index < -0.39 is 6.03 Å². The Balaban J connectivity index is 1.75. The molecule has 108 valence electrons. The number of aromatic nitrogens is 1. The number of hydrogen-bond donors (Lipinski definition) is 2. The molecule has 1 fully saturated rings. The molecule has 1 aliphatic heterocycles. The van der Waals surface area contributed by atoms with Gasteiger partial charge in [-0.3, -0.25) is 9.78 Å². The zero-order valence-electron chi connectivity index (χ0n) is 11.4. The second-order valence-corrected chi connectivity index (χ2v) is 5.03. The summed E-state index contributed by atoms with van der Waals surface area (Å²) in [5.41, 5.74) is 6.35. The maximum atomic E-state index is 12.1. The predicted molar refractivity (Wildman–Crippen MR) is 74.8 cm³/mol. The average Bonchev–Trinajstić information content (AvgIpc) is 2.48. The Bertz CT molecular complexity index is 464. The maximum absolute atomic E-state index is 12.1. The smallest absolute Gasteiger partial charge is 0.314 e. The molecule has 0 saturated carbocycles. The summed E-state index contributed by atoms with van der Waals surface area (Å²) in [5.74, 6) is -0.148. The molecule has 2 rings (SSSR count). The van der Waals surface area contributed by atoms with Gasteiger partial charge in [0.15, 0.2) is 0 Å². The van der Waals surface area contributed by atoms with Crippen LogP contribution in [0.1, 0.15) is 18.4 Å². The Morgan fingerprint density at radius 2 is 2.35 bits per heavy atom. The van der Waals surface area contributed by atoms with Crippen molar-refractivity contribution in [3.63, 3.8) is 0 Å². The van der Waals surface area contributed by atoms with Crippen molar-refractivity contribution in [3.05, 3.63) is 30.1 Å². The first-order valence-corrected chi connectivity index (χ1v) is 6.88. The van der Waals surface area contributed by atoms with Crippen molar-refractivity contribution in [1.82, 2.24) is 15.2 Å². The summed E-state index contributed by atoms with van der Waals surface area (Å²) >= 11 is 0. The van der Waals surface area contributed by atoms with E-state index in [1.165, 1.54) is 4.90 Å². The highest BCUT2D eigenvalue weighted by atomic mass is 16.2. The molecule has 1 atom stereocenters. The summed E-state index contributed by atoms with van der Waals surface area (Å²) in [5, 5.41) is 2.91. The molecule has 3 amide bonds. The highest BCUT2D eigenvalue weighted by molar-refractivity contribution is 5.80. The fourth-order valence-corrected chi connectivity index (χ4v) is 2.41. The maximum Gasteiger partial charge on any atom is 0.314 e. The number of carbonyl (C=O) groups is 2. The van der Waals surface area contributed by atoms with E-state index in [0.29, 0.717) is 19.6 Å². The van der Waals surface area contributed by atoms with Crippen LogP contribution in [0.4, 0.5) is 4.79 Å². The number of carbonyl (C=O) groups excluding carboxylic acids is 2. The van der Waals surface area contributed by atoms with Gasteiger partial charge in [0.2, 0.25) is 5.91 Å². The van der Waals surface area contributed by atoms with Gasteiger partial charge in [0.1, 0.15) is 0 Å². The quantitative estimate of drug-likeness (QED) is 0.840. The number of likely N-dealkylation sites (tertiary alicyclic amines) is 1. The normalized spacial score (nSPS) is 18.6. The van der Waals surface area contributed by atoms with Gasteiger partial charge in [-0.2, -0.15) is 0 Å². The van der Waals surface area contributed by atoms with Crippen molar-refractivity contribution >= 4 is 11.9 Å². The number of nitrogens with one attached hydrogen (secondary N) is 1. The van der Waals surface area contributed by atoms with E-state index >= 15 is 0 Å². The number of rotatable bonds is 4. The van der Waals surface area contributed by atoms with Gasteiger partial charge >= 0.3 is 6.03 Å². The van der Waals surface area contributed by atoms with Gasteiger partial charge in [-0.05, 0) is 30.9 Å². The molecule has 1 aromatic heterocycles. The van der Waals surface area contributed by atoms with Gasteiger partial charge in [0, 0.05) is 32.0 Å². The highest BCUT2D eigenvalue weighted by Crippen LogP contribution is 2.16. The molecule has 6 heteroatoms. The number of amides is 3. The fourth-order valence-electron chi connectivity index (χ4n) is 2.41. The Morgan fingerprint density at radius 1 is 1.50 bits per heavy atom. The average molecular weight is 276 g/mol. The van der Waals surface area contributed by atoms with Crippen LogP contribution in [0, 0.1) is 5.92 Å². The van der Waals surface area contributed by atoms with E-state index in [1.807, 2.05) is 12.1 Å². The fraction of sp³-hybridized carbons (Fsp3) is 0.500. The lowest BCUT2D eigenvalue weighted by Crippen LogP contribution is -2.47. The summed E-state index contributed by atoms with van der Waals surface area (Å²) in [6.07, 6.45) is 5.90. The number of piperidine rings is 1. The monoisotopic (exact) mass is 276 g/mol. The third-order valence-electron chi connectivity index (χ3n) is 3.54. The molecule has 0 spiro atoms. The summed E-state index contributed by atoms with van der Waals surface area (Å²) in [7, 11) is 0. The largest absolute Gasteiger partial charge is 0.355 e. The molecule has 1 aliphatic rings. The van der Waals surface area contributed by atoms with Gasteiger partial charge in [-0.15, -0.1) is 0 Å². The van der Waals surface area contributed by atoms with Crippen molar-refractivity contribution in [2.24, 2.45) is 11.7 Å². The molecule has 2 heterocycles. The zero-order chi connectivity index (χ0) is 14.4. The molecule has 0 radical (unpaired) electrons. The molecule has 0 aromatic carbocycles. The van der Waals surface area contributed by atoms with E-state index in [0.717, 1.165) is 24.8 Å². The Labute approximate surface area is 118 Å². The number of nitrogens with zero attached hydrogens (tertiary/aromatic N) is 2. The Kier molecular flexibility index (Phi) is 4.92. The lowest BCUT2D eigenvalue weighted by molar-refractivity contribution is -0.126. The van der Waals surface area contributed by atoms with Crippen molar-refractivity contribution in [3.8, 4) is 0 Å². The molecule has 0 bridgehead atoms. The van der Waals surface area contributed by atoms with Gasteiger partial charge in [0.25, 0.3) is 0 Å².